The van der Waals surface area contributed by atoms with E-state index in [1.165, 1.54) is 107 Å². The summed E-state index contributed by atoms with van der Waals surface area (Å²) in [6.45, 7) is 2.11. The van der Waals surface area contributed by atoms with E-state index in [1.807, 2.05) is 24.3 Å². The molecule has 0 N–H and O–H groups in total. The number of hydrogen-bond acceptors (Lipinski definition) is 3. The monoisotopic (exact) mass is 453 g/mol. The topological polar surface area (TPSA) is 47.8 Å². The highest BCUT2D eigenvalue weighted by Gasteiger charge is 2.10. The van der Waals surface area contributed by atoms with Crippen molar-refractivity contribution in [2.45, 2.75) is 129 Å². The first-order valence-corrected chi connectivity index (χ1v) is 13.8. The lowest BCUT2D eigenvalue weighted by molar-refractivity contribution is 0.0886. The van der Waals surface area contributed by atoms with E-state index < -0.39 is 0 Å². The van der Waals surface area contributed by atoms with E-state index in [9.17, 15) is 4.79 Å². The first-order chi connectivity index (χ1) is 16.3. The zero-order chi connectivity index (χ0) is 23.4. The van der Waals surface area contributed by atoms with Gasteiger partial charge in [0.1, 0.15) is 5.52 Å². The molecule has 1 aromatic heterocycles. The molecule has 4 heteroatoms. The number of allylic oxidation sites excluding steroid dienone is 2. The Bertz CT molecular complexity index is 780. The van der Waals surface area contributed by atoms with Crippen LogP contribution in [-0.2, 0) is 0 Å². The smallest absolute Gasteiger partial charge is 0.248 e. The molecule has 0 unspecified atom stereocenters. The average Bonchev–Trinajstić information content (AvgIpc) is 3.27. The van der Waals surface area contributed by atoms with E-state index in [2.05, 4.69) is 29.4 Å². The minimum Gasteiger partial charge on any atom is -0.273 e. The van der Waals surface area contributed by atoms with Gasteiger partial charge in [-0.25, -0.2) is 0 Å². The second kappa shape index (κ2) is 18.5. The van der Waals surface area contributed by atoms with Crippen molar-refractivity contribution in [3.05, 3.63) is 36.4 Å². The summed E-state index contributed by atoms with van der Waals surface area (Å²) in [6, 6.07) is 7.64. The maximum Gasteiger partial charge on any atom is 0.248 e. The van der Waals surface area contributed by atoms with Crippen LogP contribution in [0.3, 0.4) is 0 Å². The molecular formula is C29H47N3O. The molecule has 0 fully saturated rings. The van der Waals surface area contributed by atoms with Crippen LogP contribution >= 0.6 is 0 Å². The summed E-state index contributed by atoms with van der Waals surface area (Å²) in [6.07, 6.45) is 29.2. The largest absolute Gasteiger partial charge is 0.273 e. The Hall–Kier alpha value is -1.97. The number of benzene rings is 1. The van der Waals surface area contributed by atoms with Crippen LogP contribution in [0.25, 0.3) is 11.0 Å². The van der Waals surface area contributed by atoms with Crippen molar-refractivity contribution in [2.75, 3.05) is 0 Å². The highest BCUT2D eigenvalue weighted by molar-refractivity contribution is 5.88. The van der Waals surface area contributed by atoms with Crippen LogP contribution in [0.4, 0.5) is 0 Å². The van der Waals surface area contributed by atoms with Crippen LogP contribution in [0, 0.1) is 0 Å². The molecule has 0 saturated carbocycles. The Morgan fingerprint density at radius 3 is 1.76 bits per heavy atom. The van der Waals surface area contributed by atoms with Crippen LogP contribution < -0.4 is 0 Å². The third-order valence-electron chi connectivity index (χ3n) is 6.59. The molecule has 0 bridgehead atoms. The molecule has 0 aliphatic heterocycles. The van der Waals surface area contributed by atoms with Gasteiger partial charge in [-0.2, -0.15) is 4.68 Å². The SMILES string of the molecule is C/C=C/CCCCCCCCCCCCCCCCCCCC(=O)n1nnc2ccccc21. The first kappa shape index (κ1) is 27.3. The van der Waals surface area contributed by atoms with Gasteiger partial charge in [0.05, 0.1) is 5.52 Å². The van der Waals surface area contributed by atoms with Crippen LogP contribution in [0.1, 0.15) is 134 Å². The molecule has 184 valence electrons. The molecule has 0 radical (unpaired) electrons. The van der Waals surface area contributed by atoms with Gasteiger partial charge in [0, 0.05) is 6.42 Å². The second-order valence-corrected chi connectivity index (χ2v) is 9.50. The van der Waals surface area contributed by atoms with Crippen LogP contribution in [-0.4, -0.2) is 20.9 Å². The van der Waals surface area contributed by atoms with Crippen molar-refractivity contribution in [1.82, 2.24) is 15.0 Å². The quantitative estimate of drug-likeness (QED) is 0.148. The molecule has 2 aromatic rings. The van der Waals surface area contributed by atoms with Crippen molar-refractivity contribution in [2.24, 2.45) is 0 Å². The Balaban J connectivity index is 1.30. The third-order valence-corrected chi connectivity index (χ3v) is 6.59. The molecule has 0 aliphatic carbocycles. The number of carbonyl (C=O) groups excluding carboxylic acids is 1. The van der Waals surface area contributed by atoms with E-state index in [-0.39, 0.29) is 5.91 Å². The Kier molecular flexibility index (Phi) is 15.3. The molecule has 0 aliphatic rings. The summed E-state index contributed by atoms with van der Waals surface area (Å²) >= 11 is 0. The van der Waals surface area contributed by atoms with Gasteiger partial charge in [0.15, 0.2) is 0 Å². The van der Waals surface area contributed by atoms with E-state index in [0.717, 1.165) is 23.9 Å². The van der Waals surface area contributed by atoms with Crippen LogP contribution in [0.15, 0.2) is 36.4 Å². The highest BCUT2D eigenvalue weighted by atomic mass is 16.2. The molecule has 0 amide bonds. The van der Waals surface area contributed by atoms with E-state index in [1.54, 1.807) is 0 Å². The van der Waals surface area contributed by atoms with E-state index in [0.29, 0.717) is 6.42 Å². The molecular weight excluding hydrogens is 406 g/mol. The lowest BCUT2D eigenvalue weighted by Crippen LogP contribution is -2.12. The van der Waals surface area contributed by atoms with Crippen LogP contribution in [0.5, 0.6) is 0 Å². The average molecular weight is 454 g/mol. The van der Waals surface area contributed by atoms with Gasteiger partial charge in [-0.05, 0) is 38.3 Å². The number of hydrogen-bond donors (Lipinski definition) is 0. The number of rotatable bonds is 20. The van der Waals surface area contributed by atoms with E-state index >= 15 is 0 Å². The fraction of sp³-hybridized carbons (Fsp3) is 0.690. The van der Waals surface area contributed by atoms with Gasteiger partial charge in [-0.1, -0.05) is 126 Å². The number of aromatic nitrogens is 3. The lowest BCUT2D eigenvalue weighted by atomic mass is 10.0. The van der Waals surface area contributed by atoms with Gasteiger partial charge in [-0.3, -0.25) is 4.79 Å². The maximum atomic E-state index is 12.4. The highest BCUT2D eigenvalue weighted by Crippen LogP contribution is 2.15. The number of carbonyl (C=O) groups is 1. The Labute approximate surface area is 202 Å². The van der Waals surface area contributed by atoms with Gasteiger partial charge < -0.3 is 0 Å². The number of fused-ring (bicyclic) bond motifs is 1. The fourth-order valence-electron chi connectivity index (χ4n) is 4.52. The fourth-order valence-corrected chi connectivity index (χ4v) is 4.52. The summed E-state index contributed by atoms with van der Waals surface area (Å²) in [5.74, 6) is 0.0590. The van der Waals surface area contributed by atoms with Crippen molar-refractivity contribution in [3.63, 3.8) is 0 Å². The standard InChI is InChI=1S/C29H47N3O/c1-2-3-4-5-6-7-8-9-10-11-12-13-14-15-16-17-18-19-20-21-26-29(33)32-28-25-23-22-24-27(28)30-31-32/h2-3,22-25H,4-21,26H2,1H3/b3-2+. The molecule has 0 atom stereocenters. The zero-order valence-electron chi connectivity index (χ0n) is 21.1. The zero-order valence-corrected chi connectivity index (χ0v) is 21.1. The summed E-state index contributed by atoms with van der Waals surface area (Å²) < 4.78 is 1.46. The third kappa shape index (κ3) is 12.2. The van der Waals surface area contributed by atoms with Crippen molar-refractivity contribution < 1.29 is 4.79 Å². The first-order valence-electron chi connectivity index (χ1n) is 13.8. The summed E-state index contributed by atoms with van der Waals surface area (Å²) in [5, 5.41) is 8.08. The summed E-state index contributed by atoms with van der Waals surface area (Å²) in [7, 11) is 0. The molecule has 4 nitrogen and oxygen atoms in total. The molecule has 0 saturated heterocycles. The molecule has 1 heterocycles. The normalized spacial score (nSPS) is 11.7. The van der Waals surface area contributed by atoms with Gasteiger partial charge in [0.2, 0.25) is 5.91 Å². The van der Waals surface area contributed by atoms with Crippen LogP contribution in [0.2, 0.25) is 0 Å². The summed E-state index contributed by atoms with van der Waals surface area (Å²) in [4.78, 5) is 12.4. The van der Waals surface area contributed by atoms with Crippen molar-refractivity contribution >= 4 is 16.9 Å². The van der Waals surface area contributed by atoms with E-state index in [4.69, 9.17) is 0 Å². The number of para-hydroxylation sites is 1. The van der Waals surface area contributed by atoms with Gasteiger partial charge in [-0.15, -0.1) is 5.10 Å². The number of nitrogens with zero attached hydrogens (tertiary/aromatic N) is 3. The maximum absolute atomic E-state index is 12.4. The molecule has 33 heavy (non-hydrogen) atoms. The minimum atomic E-state index is 0.0590. The summed E-state index contributed by atoms with van der Waals surface area (Å²) in [5.41, 5.74) is 1.60. The number of unbranched alkanes of at least 4 members (excludes halogenated alkanes) is 17. The predicted molar refractivity (Wildman–Crippen MR) is 141 cm³/mol. The Morgan fingerprint density at radius 1 is 0.727 bits per heavy atom. The molecule has 0 spiro atoms. The molecule has 1 aromatic carbocycles. The van der Waals surface area contributed by atoms with Gasteiger partial charge in [0.25, 0.3) is 0 Å². The second-order valence-electron chi connectivity index (χ2n) is 9.50. The Morgan fingerprint density at radius 2 is 1.21 bits per heavy atom. The van der Waals surface area contributed by atoms with Crippen molar-refractivity contribution in [1.29, 1.82) is 0 Å². The predicted octanol–water partition coefficient (Wildman–Crippen LogP) is 9.06. The van der Waals surface area contributed by atoms with Gasteiger partial charge >= 0.3 is 0 Å². The van der Waals surface area contributed by atoms with Crippen molar-refractivity contribution in [3.8, 4) is 0 Å². The minimum absolute atomic E-state index is 0.0590. The molecule has 2 rings (SSSR count). The lowest BCUT2D eigenvalue weighted by Gasteiger charge is -2.04.